The van der Waals surface area contributed by atoms with Gasteiger partial charge in [-0.2, -0.15) is 0 Å². The van der Waals surface area contributed by atoms with Crippen LogP contribution in [0.4, 0.5) is 5.00 Å². The van der Waals surface area contributed by atoms with E-state index >= 15 is 0 Å². The smallest absolute Gasteiger partial charge is 0.341 e. The number of hydrogen-bond donors (Lipinski definition) is 1. The summed E-state index contributed by atoms with van der Waals surface area (Å²) in [6.45, 7) is 8.37. The van der Waals surface area contributed by atoms with Gasteiger partial charge in [0.15, 0.2) is 11.0 Å². The molecule has 11 heteroatoms. The van der Waals surface area contributed by atoms with Crippen molar-refractivity contribution in [2.45, 2.75) is 32.2 Å². The number of allylic oxidation sites excluding steroid dienone is 1. The van der Waals surface area contributed by atoms with Gasteiger partial charge in [0, 0.05) is 15.9 Å². The Bertz CT molecular complexity index is 1130. The molecule has 1 amide bonds. The number of esters is 1. The maximum atomic E-state index is 12.6. The standard InChI is InChI=1S/C22H23BrN4O4S2/c1-4-10-27-18(12-31-16-8-6-15(23)7-9-16)25-26-22(27)32-13-19(28)24-20-17(11-14(3)33-20)21(29)30-5-2/h4,6-9,11H,1,5,10,12-13H2,2-3H3,(H,24,28). The lowest BCUT2D eigenvalue weighted by molar-refractivity contribution is -0.113. The van der Waals surface area contributed by atoms with E-state index < -0.39 is 5.97 Å². The van der Waals surface area contributed by atoms with Crippen LogP contribution in [0, 0.1) is 6.92 Å². The monoisotopic (exact) mass is 550 g/mol. The topological polar surface area (TPSA) is 95.3 Å². The molecule has 0 unspecified atom stereocenters. The summed E-state index contributed by atoms with van der Waals surface area (Å²) in [5.74, 6) is 0.726. The maximum absolute atomic E-state index is 12.6. The predicted molar refractivity (Wildman–Crippen MR) is 133 cm³/mol. The van der Waals surface area contributed by atoms with Crippen LogP contribution < -0.4 is 10.1 Å². The van der Waals surface area contributed by atoms with Crippen molar-refractivity contribution in [2.24, 2.45) is 0 Å². The van der Waals surface area contributed by atoms with Crippen LogP contribution in [-0.4, -0.2) is 39.0 Å². The minimum Gasteiger partial charge on any atom is -0.486 e. The third kappa shape index (κ3) is 6.92. The highest BCUT2D eigenvalue weighted by atomic mass is 79.9. The summed E-state index contributed by atoms with van der Waals surface area (Å²) in [5.41, 5.74) is 0.361. The lowest BCUT2D eigenvalue weighted by atomic mass is 10.3. The zero-order valence-corrected chi connectivity index (χ0v) is 21.4. The fourth-order valence-electron chi connectivity index (χ4n) is 2.78. The number of amides is 1. The third-order valence-corrected chi connectivity index (χ3v) is 6.68. The van der Waals surface area contributed by atoms with E-state index in [0.717, 1.165) is 9.35 Å². The van der Waals surface area contributed by atoms with Crippen LogP contribution in [-0.2, 0) is 22.7 Å². The van der Waals surface area contributed by atoms with Crippen molar-refractivity contribution in [3.8, 4) is 5.75 Å². The Balaban J connectivity index is 1.62. The first-order chi connectivity index (χ1) is 15.9. The summed E-state index contributed by atoms with van der Waals surface area (Å²) in [6.07, 6.45) is 1.73. The number of halogens is 1. The van der Waals surface area contributed by atoms with Gasteiger partial charge in [0.2, 0.25) is 5.91 Å². The minimum absolute atomic E-state index is 0.0993. The second kappa shape index (κ2) is 12.0. The number of carbonyl (C=O) groups is 2. The van der Waals surface area contributed by atoms with E-state index in [1.165, 1.54) is 23.1 Å². The Kier molecular flexibility index (Phi) is 9.10. The van der Waals surface area contributed by atoms with E-state index in [-0.39, 0.29) is 24.9 Å². The van der Waals surface area contributed by atoms with Gasteiger partial charge in [0.05, 0.1) is 17.9 Å². The zero-order valence-electron chi connectivity index (χ0n) is 18.2. The molecular weight excluding hydrogens is 528 g/mol. The maximum Gasteiger partial charge on any atom is 0.341 e. The molecule has 8 nitrogen and oxygen atoms in total. The zero-order chi connectivity index (χ0) is 23.8. The number of anilines is 1. The Morgan fingerprint density at radius 1 is 1.30 bits per heavy atom. The number of hydrogen-bond acceptors (Lipinski definition) is 8. The van der Waals surface area contributed by atoms with Crippen molar-refractivity contribution in [2.75, 3.05) is 17.7 Å². The van der Waals surface area contributed by atoms with Gasteiger partial charge in [-0.25, -0.2) is 4.79 Å². The van der Waals surface area contributed by atoms with Gasteiger partial charge < -0.3 is 14.8 Å². The average molecular weight is 551 g/mol. The molecular formula is C22H23BrN4O4S2. The summed E-state index contributed by atoms with van der Waals surface area (Å²) in [4.78, 5) is 25.6. The molecule has 2 heterocycles. The fraction of sp³-hybridized carbons (Fsp3) is 0.273. The van der Waals surface area contributed by atoms with Gasteiger partial charge in [-0.3, -0.25) is 9.36 Å². The Labute approximate surface area is 208 Å². The molecule has 0 saturated carbocycles. The molecule has 1 N–H and O–H groups in total. The van der Waals surface area contributed by atoms with Crippen LogP contribution in [0.3, 0.4) is 0 Å². The molecule has 0 radical (unpaired) electrons. The number of carbonyl (C=O) groups excluding carboxylic acids is 2. The van der Waals surface area contributed by atoms with E-state index in [1.807, 2.05) is 35.8 Å². The van der Waals surface area contributed by atoms with Gasteiger partial charge in [-0.15, -0.1) is 28.1 Å². The van der Waals surface area contributed by atoms with Crippen molar-refractivity contribution < 1.29 is 19.1 Å². The van der Waals surface area contributed by atoms with Crippen LogP contribution >= 0.6 is 39.0 Å². The van der Waals surface area contributed by atoms with Crippen molar-refractivity contribution in [1.29, 1.82) is 0 Å². The number of aryl methyl sites for hydroxylation is 1. The molecule has 0 aliphatic rings. The molecule has 3 aromatic rings. The van der Waals surface area contributed by atoms with Crippen molar-refractivity contribution in [3.63, 3.8) is 0 Å². The van der Waals surface area contributed by atoms with E-state index in [4.69, 9.17) is 9.47 Å². The second-order valence-electron chi connectivity index (χ2n) is 6.70. The second-order valence-corrected chi connectivity index (χ2v) is 9.81. The highest BCUT2D eigenvalue weighted by Crippen LogP contribution is 2.29. The summed E-state index contributed by atoms with van der Waals surface area (Å²) in [7, 11) is 0. The summed E-state index contributed by atoms with van der Waals surface area (Å²) >= 11 is 5.97. The van der Waals surface area contributed by atoms with Crippen molar-refractivity contribution in [1.82, 2.24) is 14.8 Å². The summed E-state index contributed by atoms with van der Waals surface area (Å²) in [6, 6.07) is 9.21. The largest absolute Gasteiger partial charge is 0.486 e. The SMILES string of the molecule is C=CCn1c(COc2ccc(Br)cc2)nnc1SCC(=O)Nc1sc(C)cc1C(=O)OCC. The van der Waals surface area contributed by atoms with E-state index in [2.05, 4.69) is 38.0 Å². The number of nitrogens with zero attached hydrogens (tertiary/aromatic N) is 3. The first-order valence-corrected chi connectivity index (χ1v) is 12.6. The molecule has 0 bridgehead atoms. The quantitative estimate of drug-likeness (QED) is 0.202. The van der Waals surface area contributed by atoms with Gasteiger partial charge in [0.25, 0.3) is 0 Å². The molecule has 0 aliphatic heterocycles. The molecule has 174 valence electrons. The van der Waals surface area contributed by atoms with Crippen LogP contribution in [0.15, 0.2) is 52.6 Å². The highest BCUT2D eigenvalue weighted by molar-refractivity contribution is 9.10. The predicted octanol–water partition coefficient (Wildman–Crippen LogP) is 5.08. The normalized spacial score (nSPS) is 10.6. The molecule has 33 heavy (non-hydrogen) atoms. The average Bonchev–Trinajstić information content (AvgIpc) is 3.35. The molecule has 0 atom stereocenters. The lowest BCUT2D eigenvalue weighted by Crippen LogP contribution is -2.16. The minimum atomic E-state index is -0.453. The van der Waals surface area contributed by atoms with Crippen LogP contribution in [0.25, 0.3) is 0 Å². The number of thiophene rings is 1. The van der Waals surface area contributed by atoms with Crippen molar-refractivity contribution in [3.05, 3.63) is 63.7 Å². The van der Waals surface area contributed by atoms with Crippen LogP contribution in [0.2, 0.25) is 0 Å². The van der Waals surface area contributed by atoms with Gasteiger partial charge in [-0.05, 0) is 44.2 Å². The number of nitrogens with one attached hydrogen (secondary N) is 1. The fourth-order valence-corrected chi connectivity index (χ4v) is 4.73. The third-order valence-electron chi connectivity index (χ3n) is 4.22. The van der Waals surface area contributed by atoms with Crippen molar-refractivity contribution >= 4 is 55.9 Å². The number of benzene rings is 1. The van der Waals surface area contributed by atoms with Crippen LogP contribution in [0.1, 0.15) is 28.0 Å². The van der Waals surface area contributed by atoms with Crippen LogP contribution in [0.5, 0.6) is 5.75 Å². The van der Waals surface area contributed by atoms with E-state index in [1.54, 1.807) is 19.1 Å². The number of aromatic nitrogens is 3. The first kappa shape index (κ1) is 25.0. The molecule has 1 aromatic carbocycles. The van der Waals surface area contributed by atoms with Gasteiger partial charge in [0.1, 0.15) is 17.4 Å². The summed E-state index contributed by atoms with van der Waals surface area (Å²) in [5, 5.41) is 12.3. The highest BCUT2D eigenvalue weighted by Gasteiger charge is 2.19. The first-order valence-electron chi connectivity index (χ1n) is 10.0. The molecule has 3 rings (SSSR count). The Morgan fingerprint density at radius 2 is 2.06 bits per heavy atom. The Morgan fingerprint density at radius 3 is 2.76 bits per heavy atom. The van der Waals surface area contributed by atoms with E-state index in [9.17, 15) is 9.59 Å². The molecule has 0 aliphatic carbocycles. The van der Waals surface area contributed by atoms with Gasteiger partial charge in [-0.1, -0.05) is 33.8 Å². The molecule has 0 saturated heterocycles. The number of ether oxygens (including phenoxy) is 2. The molecule has 0 fully saturated rings. The summed E-state index contributed by atoms with van der Waals surface area (Å²) < 4.78 is 13.7. The molecule has 2 aromatic heterocycles. The Hall–Kier alpha value is -2.63. The number of rotatable bonds is 11. The lowest BCUT2D eigenvalue weighted by Gasteiger charge is -2.09. The molecule has 0 spiro atoms. The van der Waals surface area contributed by atoms with E-state index in [0.29, 0.717) is 33.8 Å². The van der Waals surface area contributed by atoms with Gasteiger partial charge >= 0.3 is 5.97 Å². The number of thioether (sulfide) groups is 1.